The first-order valence-corrected chi connectivity index (χ1v) is 6.97. The molecule has 0 radical (unpaired) electrons. The minimum Gasteiger partial charge on any atom is -0.454 e. The number of imidazole rings is 1. The van der Waals surface area contributed by atoms with Crippen molar-refractivity contribution in [2.45, 2.75) is 13.8 Å². The summed E-state index contributed by atoms with van der Waals surface area (Å²) in [5.74, 6) is 2.17. The van der Waals surface area contributed by atoms with Gasteiger partial charge in [-0.3, -0.25) is 4.40 Å². The molecule has 0 bridgehead atoms. The molecule has 6 nitrogen and oxygen atoms in total. The van der Waals surface area contributed by atoms with Crippen molar-refractivity contribution in [1.29, 1.82) is 0 Å². The molecule has 0 atom stereocenters. The van der Waals surface area contributed by atoms with Crippen LogP contribution in [0.3, 0.4) is 0 Å². The zero-order valence-corrected chi connectivity index (χ0v) is 12.3. The van der Waals surface area contributed by atoms with Crippen molar-refractivity contribution in [3.8, 4) is 11.5 Å². The first kappa shape index (κ1) is 12.8. The maximum absolute atomic E-state index is 5.34. The largest absolute Gasteiger partial charge is 0.454 e. The van der Waals surface area contributed by atoms with Gasteiger partial charge in [-0.2, -0.15) is 0 Å². The summed E-state index contributed by atoms with van der Waals surface area (Å²) < 4.78 is 12.6. The molecule has 0 spiro atoms. The van der Waals surface area contributed by atoms with E-state index < -0.39 is 0 Å². The summed E-state index contributed by atoms with van der Waals surface area (Å²) in [6.45, 7) is 4.21. The molecule has 110 valence electrons. The molecule has 22 heavy (non-hydrogen) atoms. The predicted octanol–water partition coefficient (Wildman–Crippen LogP) is 4.10. The third-order valence-corrected chi connectivity index (χ3v) is 3.53. The summed E-state index contributed by atoms with van der Waals surface area (Å²) in [5, 5.41) is 8.66. The van der Waals surface area contributed by atoms with E-state index in [1.54, 1.807) is 0 Å². The second-order valence-corrected chi connectivity index (χ2v) is 5.19. The molecule has 0 saturated carbocycles. The highest BCUT2D eigenvalue weighted by molar-refractivity contribution is 5.54. The van der Waals surface area contributed by atoms with Crippen molar-refractivity contribution in [3.05, 3.63) is 47.8 Å². The average molecular weight is 294 g/mol. The van der Waals surface area contributed by atoms with Crippen LogP contribution in [0, 0.1) is 13.8 Å². The van der Waals surface area contributed by atoms with Gasteiger partial charge in [-0.15, -0.1) is 10.2 Å². The van der Waals surface area contributed by atoms with Crippen LogP contribution >= 0.6 is 0 Å². The minimum absolute atomic E-state index is 0.252. The Kier molecular flexibility index (Phi) is 2.82. The van der Waals surface area contributed by atoms with Crippen LogP contribution in [0.4, 0.5) is 11.5 Å². The number of nitrogens with zero attached hydrogens (tertiary/aromatic N) is 4. The van der Waals surface area contributed by atoms with Crippen molar-refractivity contribution < 1.29 is 9.47 Å². The molecular weight excluding hydrogens is 280 g/mol. The third-order valence-electron chi connectivity index (χ3n) is 3.53. The molecule has 0 N–H and O–H groups in total. The number of aryl methyl sites for hydroxylation is 2. The lowest BCUT2D eigenvalue weighted by Gasteiger charge is -1.99. The van der Waals surface area contributed by atoms with Gasteiger partial charge in [-0.05, 0) is 37.6 Å². The van der Waals surface area contributed by atoms with E-state index in [1.807, 2.05) is 54.8 Å². The molecule has 0 aliphatic carbocycles. The van der Waals surface area contributed by atoms with Gasteiger partial charge >= 0.3 is 0 Å². The molecule has 0 fully saturated rings. The van der Waals surface area contributed by atoms with Gasteiger partial charge < -0.3 is 9.47 Å². The fraction of sp³-hybridized carbons (Fsp3) is 0.188. The Bertz CT molecular complexity index is 899. The number of pyridine rings is 1. The molecule has 0 amide bonds. The second-order valence-electron chi connectivity index (χ2n) is 5.19. The van der Waals surface area contributed by atoms with E-state index in [2.05, 4.69) is 15.2 Å². The summed E-state index contributed by atoms with van der Waals surface area (Å²) in [7, 11) is 0. The molecule has 3 heterocycles. The van der Waals surface area contributed by atoms with Crippen LogP contribution in [-0.4, -0.2) is 16.2 Å². The van der Waals surface area contributed by atoms with Crippen LogP contribution in [0.25, 0.3) is 5.65 Å². The van der Waals surface area contributed by atoms with E-state index in [0.717, 1.165) is 28.5 Å². The molecule has 3 aromatic rings. The predicted molar refractivity (Wildman–Crippen MR) is 81.4 cm³/mol. The number of fused-ring (bicyclic) bond motifs is 2. The van der Waals surface area contributed by atoms with E-state index in [0.29, 0.717) is 11.4 Å². The van der Waals surface area contributed by atoms with Crippen LogP contribution in [0.1, 0.15) is 11.3 Å². The average Bonchev–Trinajstić information content (AvgIpc) is 3.08. The van der Waals surface area contributed by atoms with Gasteiger partial charge in [-0.1, -0.05) is 6.07 Å². The zero-order chi connectivity index (χ0) is 15.1. The normalized spacial score (nSPS) is 13.4. The van der Waals surface area contributed by atoms with Crippen LogP contribution in [-0.2, 0) is 0 Å². The highest BCUT2D eigenvalue weighted by atomic mass is 16.7. The SMILES string of the molecule is Cc1ccc2nc(C)c(N=Nc3ccc4c(c3)OCO4)n2c1. The molecule has 1 aromatic carbocycles. The lowest BCUT2D eigenvalue weighted by Crippen LogP contribution is -1.92. The Morgan fingerprint density at radius 1 is 1.05 bits per heavy atom. The van der Waals surface area contributed by atoms with Crippen molar-refractivity contribution in [3.63, 3.8) is 0 Å². The molecule has 0 unspecified atom stereocenters. The Labute approximate surface area is 127 Å². The number of ether oxygens (including phenoxy) is 2. The van der Waals surface area contributed by atoms with E-state index in [1.165, 1.54) is 0 Å². The molecule has 6 heteroatoms. The number of aromatic nitrogens is 2. The van der Waals surface area contributed by atoms with Gasteiger partial charge in [0, 0.05) is 12.3 Å². The van der Waals surface area contributed by atoms with Crippen LogP contribution in [0.2, 0.25) is 0 Å². The quantitative estimate of drug-likeness (QED) is 0.669. The van der Waals surface area contributed by atoms with E-state index >= 15 is 0 Å². The molecule has 2 aromatic heterocycles. The molecule has 4 rings (SSSR count). The molecule has 1 aliphatic heterocycles. The van der Waals surface area contributed by atoms with Crippen molar-refractivity contribution in [2.75, 3.05) is 6.79 Å². The van der Waals surface area contributed by atoms with Crippen molar-refractivity contribution >= 4 is 17.2 Å². The fourth-order valence-corrected chi connectivity index (χ4v) is 2.43. The van der Waals surface area contributed by atoms with E-state index in [4.69, 9.17) is 9.47 Å². The number of rotatable bonds is 2. The smallest absolute Gasteiger partial charge is 0.231 e. The summed E-state index contributed by atoms with van der Waals surface area (Å²) in [4.78, 5) is 4.49. The maximum atomic E-state index is 5.34. The summed E-state index contributed by atoms with van der Waals surface area (Å²) in [6.07, 6.45) is 2.00. The van der Waals surface area contributed by atoms with Gasteiger partial charge in [-0.25, -0.2) is 4.98 Å². The Balaban J connectivity index is 1.74. The van der Waals surface area contributed by atoms with Crippen LogP contribution in [0.5, 0.6) is 11.5 Å². The monoisotopic (exact) mass is 294 g/mol. The second kappa shape index (κ2) is 4.84. The van der Waals surface area contributed by atoms with Crippen LogP contribution in [0.15, 0.2) is 46.8 Å². The topological polar surface area (TPSA) is 60.5 Å². The Morgan fingerprint density at radius 2 is 1.91 bits per heavy atom. The number of hydrogen-bond acceptors (Lipinski definition) is 5. The van der Waals surface area contributed by atoms with E-state index in [9.17, 15) is 0 Å². The van der Waals surface area contributed by atoms with Gasteiger partial charge in [0.15, 0.2) is 17.3 Å². The van der Waals surface area contributed by atoms with Gasteiger partial charge in [0.05, 0.1) is 11.4 Å². The highest BCUT2D eigenvalue weighted by Crippen LogP contribution is 2.35. The van der Waals surface area contributed by atoms with Crippen molar-refractivity contribution in [2.24, 2.45) is 10.2 Å². The van der Waals surface area contributed by atoms with Gasteiger partial charge in [0.1, 0.15) is 5.65 Å². The first-order valence-electron chi connectivity index (χ1n) is 6.97. The standard InChI is InChI=1S/C16H14N4O2/c1-10-3-6-15-17-11(2)16(20(15)8-10)19-18-12-4-5-13-14(7-12)22-9-21-13/h3-8H,9H2,1-2H3. The third kappa shape index (κ3) is 2.09. The minimum atomic E-state index is 0.252. The molecule has 0 saturated heterocycles. The molecule has 1 aliphatic rings. The fourth-order valence-electron chi connectivity index (χ4n) is 2.43. The van der Waals surface area contributed by atoms with E-state index in [-0.39, 0.29) is 6.79 Å². The number of benzene rings is 1. The lowest BCUT2D eigenvalue weighted by molar-refractivity contribution is 0.174. The summed E-state index contributed by atoms with van der Waals surface area (Å²) >= 11 is 0. The van der Waals surface area contributed by atoms with Gasteiger partial charge in [0.2, 0.25) is 6.79 Å². The highest BCUT2D eigenvalue weighted by Gasteiger charge is 2.13. The number of azo groups is 1. The van der Waals surface area contributed by atoms with Crippen LogP contribution < -0.4 is 9.47 Å². The van der Waals surface area contributed by atoms with Crippen molar-refractivity contribution in [1.82, 2.24) is 9.38 Å². The summed E-state index contributed by atoms with van der Waals surface area (Å²) in [5.41, 5.74) is 3.56. The maximum Gasteiger partial charge on any atom is 0.231 e. The lowest BCUT2D eigenvalue weighted by atomic mass is 10.3. The summed E-state index contributed by atoms with van der Waals surface area (Å²) in [6, 6.07) is 9.50. The van der Waals surface area contributed by atoms with Gasteiger partial charge in [0.25, 0.3) is 0 Å². The zero-order valence-electron chi connectivity index (χ0n) is 12.3. The Morgan fingerprint density at radius 3 is 2.82 bits per heavy atom. The number of hydrogen-bond donors (Lipinski definition) is 0. The Hall–Kier alpha value is -2.89. The molecular formula is C16H14N4O2. The first-order chi connectivity index (χ1) is 10.7.